The Kier molecular flexibility index (Phi) is 13.1. The maximum Gasteiger partial charge on any atom is 0.223 e. The van der Waals surface area contributed by atoms with Gasteiger partial charge in [0.1, 0.15) is 17.7 Å². The van der Waals surface area contributed by atoms with Crippen molar-refractivity contribution in [1.29, 1.82) is 0 Å². The topological polar surface area (TPSA) is 76.2 Å². The Hall–Kier alpha value is -2.90. The van der Waals surface area contributed by atoms with Crippen LogP contribution in [0.3, 0.4) is 0 Å². The fourth-order valence-corrected chi connectivity index (χ4v) is 8.80. The van der Waals surface area contributed by atoms with E-state index in [0.29, 0.717) is 11.6 Å². The van der Waals surface area contributed by atoms with Crippen molar-refractivity contribution in [2.45, 2.75) is 121 Å². The van der Waals surface area contributed by atoms with E-state index in [2.05, 4.69) is 82.2 Å². The normalized spacial score (nSPS) is 12.9. The number of aliphatic hydroxyl groups excluding tert-OH is 1. The summed E-state index contributed by atoms with van der Waals surface area (Å²) < 4.78 is 8.84. The molecule has 4 aromatic heterocycles. The van der Waals surface area contributed by atoms with Gasteiger partial charge in [-0.1, -0.05) is 87.3 Å². The standard InChI is InChI=1S/C29H27N2OS2.C15H28O2.Ir/c1-15(2)9-19-16(3)34-24-13-23-21(12-20(19)24)25-26(30-14-31-28(25)32-23)18-10-17-7-8-33-27(17)22(11-18)29(4,5)6;1-7-14(5,8-2)12(16)11-13(17)15(6,9-3)10-4;/h7-8,11-15H,9H2,1-6H3;11,16H,7-10H2,1-6H3;/q-1;;/b;12-11-;. The summed E-state index contributed by atoms with van der Waals surface area (Å²) in [5.74, 6) is 0.892. The Bertz CT molecular complexity index is 2220. The maximum absolute atomic E-state index is 12.2. The number of aromatic nitrogens is 2. The number of aryl methyl sites for hydroxylation is 1. The van der Waals surface area contributed by atoms with E-state index in [1.807, 2.05) is 52.9 Å². The number of hydrogen-bond donors (Lipinski definition) is 1. The third kappa shape index (κ3) is 8.11. The molecule has 0 aliphatic heterocycles. The SMILES string of the molecule is CCC(C)(CC)C(=O)/C=C(\O)C(C)(CC)CC.Cc1sc2cc3oc4ncnc(-c5[c-]c6ccsc6c(C(C)(C)C)c5)c4c3cc2c1CC(C)C.[Ir]. The van der Waals surface area contributed by atoms with Crippen molar-refractivity contribution in [2.24, 2.45) is 16.7 Å². The van der Waals surface area contributed by atoms with Crippen LogP contribution in [0.4, 0.5) is 0 Å². The number of carbonyl (C=O) groups excluding carboxylic acids is 1. The summed E-state index contributed by atoms with van der Waals surface area (Å²) in [7, 11) is 0. The molecule has 0 aliphatic rings. The van der Waals surface area contributed by atoms with Crippen LogP contribution in [0.5, 0.6) is 0 Å². The van der Waals surface area contributed by atoms with Crippen LogP contribution >= 0.6 is 22.7 Å². The minimum Gasteiger partial charge on any atom is -0.512 e. The van der Waals surface area contributed by atoms with Crippen LogP contribution in [0.15, 0.2) is 52.2 Å². The van der Waals surface area contributed by atoms with Crippen molar-refractivity contribution in [3.05, 3.63) is 69.9 Å². The Morgan fingerprint density at radius 2 is 1.62 bits per heavy atom. The molecule has 4 heterocycles. The number of fused-ring (bicyclic) bond motifs is 5. The number of thiophene rings is 2. The molecule has 1 radical (unpaired) electrons. The van der Waals surface area contributed by atoms with Crippen molar-refractivity contribution < 1.29 is 34.4 Å². The first-order valence-electron chi connectivity index (χ1n) is 18.5. The van der Waals surface area contributed by atoms with Crippen LogP contribution < -0.4 is 0 Å². The van der Waals surface area contributed by atoms with Crippen LogP contribution in [0, 0.1) is 29.7 Å². The van der Waals surface area contributed by atoms with Gasteiger partial charge in [0, 0.05) is 63.1 Å². The zero-order valence-electron chi connectivity index (χ0n) is 33.0. The van der Waals surface area contributed by atoms with E-state index in [-0.39, 0.29) is 47.9 Å². The summed E-state index contributed by atoms with van der Waals surface area (Å²) in [5.41, 5.74) is 5.57. The molecule has 0 bridgehead atoms. The minimum atomic E-state index is -0.337. The van der Waals surface area contributed by atoms with E-state index in [1.54, 1.807) is 17.7 Å². The van der Waals surface area contributed by atoms with Crippen molar-refractivity contribution in [3.63, 3.8) is 0 Å². The number of rotatable bonds is 10. The Balaban J connectivity index is 0.000000289. The van der Waals surface area contributed by atoms with Gasteiger partial charge in [0.05, 0.1) is 0 Å². The van der Waals surface area contributed by atoms with Gasteiger partial charge in [0.25, 0.3) is 0 Å². The second-order valence-corrected chi connectivity index (χ2v) is 18.2. The third-order valence-corrected chi connectivity index (χ3v) is 13.2. The van der Waals surface area contributed by atoms with Crippen molar-refractivity contribution in [2.75, 3.05) is 0 Å². The molecule has 0 unspecified atom stereocenters. The van der Waals surface area contributed by atoms with Gasteiger partial charge in [0.2, 0.25) is 5.71 Å². The van der Waals surface area contributed by atoms with E-state index in [9.17, 15) is 9.90 Å². The largest absolute Gasteiger partial charge is 0.512 e. The van der Waals surface area contributed by atoms with Gasteiger partial charge in [-0.2, -0.15) is 11.3 Å². The molecule has 5 nitrogen and oxygen atoms in total. The number of carbonyl (C=O) groups is 1. The summed E-state index contributed by atoms with van der Waals surface area (Å²) in [5, 5.41) is 16.8. The summed E-state index contributed by atoms with van der Waals surface area (Å²) in [6.07, 6.45) is 7.44. The van der Waals surface area contributed by atoms with Crippen LogP contribution in [0.2, 0.25) is 0 Å². The van der Waals surface area contributed by atoms with Gasteiger partial charge in [-0.3, -0.25) is 9.78 Å². The number of ketones is 1. The molecule has 281 valence electrons. The molecule has 0 saturated carbocycles. The molecule has 6 aromatic rings. The number of aliphatic hydroxyl groups is 1. The number of nitrogens with zero attached hydrogens (tertiary/aromatic N) is 2. The van der Waals surface area contributed by atoms with Crippen LogP contribution in [-0.2, 0) is 36.7 Å². The molecule has 8 heteroatoms. The quantitative estimate of drug-likeness (QED) is 0.0842. The molecular weight excluding hydrogens is 861 g/mol. The third-order valence-electron chi connectivity index (χ3n) is 11.1. The molecular formula is C44H55IrN2O3S2-. The second kappa shape index (κ2) is 16.2. The number of allylic oxidation sites excluding steroid dienone is 2. The van der Waals surface area contributed by atoms with Crippen LogP contribution in [0.25, 0.3) is 53.5 Å². The summed E-state index contributed by atoms with van der Waals surface area (Å²) in [4.78, 5) is 22.9. The van der Waals surface area contributed by atoms with Gasteiger partial charge in [-0.05, 0) is 83.5 Å². The summed E-state index contributed by atoms with van der Waals surface area (Å²) >= 11 is 3.63. The Morgan fingerprint density at radius 1 is 0.962 bits per heavy atom. The molecule has 52 heavy (non-hydrogen) atoms. The van der Waals surface area contributed by atoms with Gasteiger partial charge in [-0.15, -0.1) is 34.9 Å². The molecule has 0 spiro atoms. The monoisotopic (exact) mass is 916 g/mol. The fraction of sp³-hybridized carbons (Fsp3) is 0.477. The molecule has 6 rings (SSSR count). The minimum absolute atomic E-state index is 0. The van der Waals surface area contributed by atoms with E-state index in [4.69, 9.17) is 9.40 Å². The van der Waals surface area contributed by atoms with Gasteiger partial charge in [0.15, 0.2) is 5.78 Å². The van der Waals surface area contributed by atoms with Crippen molar-refractivity contribution in [1.82, 2.24) is 9.97 Å². The van der Waals surface area contributed by atoms with E-state index < -0.39 is 0 Å². The van der Waals surface area contributed by atoms with Gasteiger partial charge < -0.3 is 9.52 Å². The summed E-state index contributed by atoms with van der Waals surface area (Å²) in [6.45, 7) is 25.7. The Labute approximate surface area is 331 Å². The predicted octanol–water partition coefficient (Wildman–Crippen LogP) is 13.7. The molecule has 0 saturated heterocycles. The van der Waals surface area contributed by atoms with Crippen LogP contribution in [0.1, 0.15) is 118 Å². The molecule has 0 fully saturated rings. The summed E-state index contributed by atoms with van der Waals surface area (Å²) in [6, 6.07) is 12.5. The predicted molar refractivity (Wildman–Crippen MR) is 219 cm³/mol. The molecule has 2 aromatic carbocycles. The first-order valence-corrected chi connectivity index (χ1v) is 20.2. The fourth-order valence-electron chi connectivity index (χ4n) is 6.61. The maximum atomic E-state index is 12.2. The molecule has 0 aliphatic carbocycles. The second-order valence-electron chi connectivity index (χ2n) is 16.0. The van der Waals surface area contributed by atoms with Crippen LogP contribution in [-0.4, -0.2) is 20.9 Å². The van der Waals surface area contributed by atoms with Gasteiger partial charge >= 0.3 is 0 Å². The average Bonchev–Trinajstić information content (AvgIpc) is 3.80. The smallest absolute Gasteiger partial charge is 0.223 e. The first kappa shape index (κ1) is 41.8. The zero-order chi connectivity index (χ0) is 37.5. The number of hydrogen-bond acceptors (Lipinski definition) is 7. The van der Waals surface area contributed by atoms with Crippen molar-refractivity contribution in [3.8, 4) is 11.3 Å². The van der Waals surface area contributed by atoms with E-state index in [1.165, 1.54) is 36.9 Å². The first-order chi connectivity index (χ1) is 24.0. The molecule has 0 atom stereocenters. The van der Waals surface area contributed by atoms with E-state index >= 15 is 0 Å². The van der Waals surface area contributed by atoms with Gasteiger partial charge in [-0.25, -0.2) is 4.98 Å². The number of furan rings is 1. The molecule has 0 amide bonds. The average molecular weight is 916 g/mol. The zero-order valence-corrected chi connectivity index (χ0v) is 37.0. The number of benzene rings is 2. The van der Waals surface area contributed by atoms with Crippen molar-refractivity contribution >= 4 is 70.7 Å². The Morgan fingerprint density at radius 3 is 2.21 bits per heavy atom. The van der Waals surface area contributed by atoms with E-state index in [0.717, 1.165) is 65.1 Å². The molecule has 1 N–H and O–H groups in total.